The predicted molar refractivity (Wildman–Crippen MR) is 83.6 cm³/mol. The van der Waals surface area contributed by atoms with Crippen LogP contribution in [0.5, 0.6) is 0 Å². The molecule has 1 aromatic carbocycles. The van der Waals surface area contributed by atoms with Gasteiger partial charge in [-0.1, -0.05) is 45.7 Å². The molecule has 0 amide bonds. The molecule has 6 heteroatoms. The third-order valence-electron chi connectivity index (χ3n) is 2.68. The van der Waals surface area contributed by atoms with E-state index in [1.165, 1.54) is 0 Å². The van der Waals surface area contributed by atoms with Crippen molar-refractivity contribution in [1.82, 2.24) is 14.8 Å². The van der Waals surface area contributed by atoms with Crippen LogP contribution in [-0.2, 0) is 13.1 Å². The number of benzene rings is 1. The molecule has 2 rings (SSSR count). The zero-order chi connectivity index (χ0) is 14.0. The fraction of sp³-hybridized carbons (Fsp3) is 0.385. The summed E-state index contributed by atoms with van der Waals surface area (Å²) in [6, 6.07) is 6.06. The molecule has 0 radical (unpaired) electrons. The Balaban J connectivity index is 2.51. The van der Waals surface area contributed by atoms with Crippen molar-refractivity contribution in [3.63, 3.8) is 0 Å². The summed E-state index contributed by atoms with van der Waals surface area (Å²) < 4.78 is 4.11. The van der Waals surface area contributed by atoms with E-state index in [0.717, 1.165) is 32.7 Å². The van der Waals surface area contributed by atoms with Gasteiger partial charge in [0.1, 0.15) is 5.82 Å². The maximum Gasteiger partial charge on any atom is 0.164 e. The Hall–Kier alpha value is -0.720. The van der Waals surface area contributed by atoms with Crippen molar-refractivity contribution in [2.45, 2.75) is 26.9 Å². The Labute approximate surface area is 129 Å². The molecule has 1 heterocycles. The molecule has 0 saturated carbocycles. The summed E-state index contributed by atoms with van der Waals surface area (Å²) in [7, 11) is 0. The minimum atomic E-state index is 0.398. The summed E-state index contributed by atoms with van der Waals surface area (Å²) in [5, 5.41) is 8.46. The summed E-state index contributed by atoms with van der Waals surface area (Å²) in [5.41, 5.74) is 6.76. The van der Waals surface area contributed by atoms with Gasteiger partial charge in [0.15, 0.2) is 5.82 Å². The van der Waals surface area contributed by atoms with E-state index in [0.29, 0.717) is 12.5 Å². The van der Waals surface area contributed by atoms with Gasteiger partial charge in [-0.05, 0) is 24.1 Å². The first-order valence-corrected chi connectivity index (χ1v) is 7.68. The van der Waals surface area contributed by atoms with Crippen molar-refractivity contribution in [3.05, 3.63) is 33.0 Å². The summed E-state index contributed by atoms with van der Waals surface area (Å²) >= 11 is 6.99. The lowest BCUT2D eigenvalue weighted by Gasteiger charge is -2.12. The van der Waals surface area contributed by atoms with Gasteiger partial charge in [0, 0.05) is 21.1 Å². The largest absolute Gasteiger partial charge is 0.324 e. The SMILES string of the molecule is CC(C)Cn1c(CN)nnc1-c1cc(Br)cc(Br)c1. The molecular formula is C13H16Br2N4. The first-order chi connectivity index (χ1) is 9.01. The zero-order valence-electron chi connectivity index (χ0n) is 10.9. The van der Waals surface area contributed by atoms with Crippen LogP contribution in [0, 0.1) is 5.92 Å². The molecule has 0 saturated heterocycles. The second-order valence-corrected chi connectivity index (χ2v) is 6.64. The lowest BCUT2D eigenvalue weighted by atomic mass is 10.2. The van der Waals surface area contributed by atoms with Crippen molar-refractivity contribution in [2.24, 2.45) is 11.7 Å². The minimum absolute atomic E-state index is 0.398. The lowest BCUT2D eigenvalue weighted by Crippen LogP contribution is -2.13. The molecule has 1 aromatic heterocycles. The first kappa shape index (κ1) is 14.7. The molecule has 0 bridgehead atoms. The van der Waals surface area contributed by atoms with Gasteiger partial charge in [-0.15, -0.1) is 10.2 Å². The third-order valence-corrected chi connectivity index (χ3v) is 3.59. The van der Waals surface area contributed by atoms with Gasteiger partial charge in [-0.3, -0.25) is 0 Å². The molecule has 0 aliphatic heterocycles. The van der Waals surface area contributed by atoms with E-state index >= 15 is 0 Å². The van der Waals surface area contributed by atoms with Crippen LogP contribution in [-0.4, -0.2) is 14.8 Å². The fourth-order valence-electron chi connectivity index (χ4n) is 1.94. The smallest absolute Gasteiger partial charge is 0.164 e. The number of nitrogens with two attached hydrogens (primary N) is 1. The van der Waals surface area contributed by atoms with Crippen LogP contribution in [0.3, 0.4) is 0 Å². The molecule has 0 unspecified atom stereocenters. The summed E-state index contributed by atoms with van der Waals surface area (Å²) in [5.74, 6) is 2.19. The second-order valence-electron chi connectivity index (χ2n) is 4.81. The van der Waals surface area contributed by atoms with Crippen LogP contribution in [0.1, 0.15) is 19.7 Å². The Morgan fingerprint density at radius 1 is 1.16 bits per heavy atom. The topological polar surface area (TPSA) is 56.7 Å². The van der Waals surface area contributed by atoms with Crippen LogP contribution in [0.15, 0.2) is 27.1 Å². The normalized spacial score (nSPS) is 11.3. The highest BCUT2D eigenvalue weighted by Gasteiger charge is 2.14. The van der Waals surface area contributed by atoms with Crippen LogP contribution in [0.4, 0.5) is 0 Å². The Morgan fingerprint density at radius 3 is 2.32 bits per heavy atom. The second kappa shape index (κ2) is 6.15. The van der Waals surface area contributed by atoms with E-state index in [1.807, 2.05) is 18.2 Å². The number of hydrogen-bond donors (Lipinski definition) is 1. The number of nitrogens with zero attached hydrogens (tertiary/aromatic N) is 3. The van der Waals surface area contributed by atoms with E-state index in [-0.39, 0.29) is 0 Å². The molecule has 0 spiro atoms. The zero-order valence-corrected chi connectivity index (χ0v) is 14.1. The average molecular weight is 388 g/mol. The van der Waals surface area contributed by atoms with Gasteiger partial charge in [0.2, 0.25) is 0 Å². The van der Waals surface area contributed by atoms with E-state index < -0.39 is 0 Å². The molecular weight excluding hydrogens is 372 g/mol. The highest BCUT2D eigenvalue weighted by molar-refractivity contribution is 9.11. The summed E-state index contributed by atoms with van der Waals surface area (Å²) in [6.45, 7) is 5.59. The van der Waals surface area contributed by atoms with E-state index in [9.17, 15) is 0 Å². The van der Waals surface area contributed by atoms with Crippen molar-refractivity contribution in [1.29, 1.82) is 0 Å². The molecule has 19 heavy (non-hydrogen) atoms. The maximum atomic E-state index is 5.74. The maximum absolute atomic E-state index is 5.74. The van der Waals surface area contributed by atoms with Gasteiger partial charge in [-0.25, -0.2) is 0 Å². The number of aromatic nitrogens is 3. The predicted octanol–water partition coefficient (Wildman–Crippen LogP) is 3.58. The van der Waals surface area contributed by atoms with E-state index in [2.05, 4.69) is 60.5 Å². The van der Waals surface area contributed by atoms with Gasteiger partial charge in [0.05, 0.1) is 6.54 Å². The van der Waals surface area contributed by atoms with Crippen LogP contribution >= 0.6 is 31.9 Å². The van der Waals surface area contributed by atoms with Gasteiger partial charge >= 0.3 is 0 Å². The highest BCUT2D eigenvalue weighted by atomic mass is 79.9. The number of rotatable bonds is 4. The first-order valence-electron chi connectivity index (χ1n) is 6.10. The van der Waals surface area contributed by atoms with E-state index in [1.54, 1.807) is 0 Å². The molecule has 102 valence electrons. The van der Waals surface area contributed by atoms with Crippen molar-refractivity contribution < 1.29 is 0 Å². The summed E-state index contributed by atoms with van der Waals surface area (Å²) in [4.78, 5) is 0. The van der Waals surface area contributed by atoms with E-state index in [4.69, 9.17) is 5.73 Å². The van der Waals surface area contributed by atoms with Crippen LogP contribution in [0.25, 0.3) is 11.4 Å². The van der Waals surface area contributed by atoms with Gasteiger partial charge in [-0.2, -0.15) is 0 Å². The molecule has 0 aliphatic carbocycles. The van der Waals surface area contributed by atoms with Crippen molar-refractivity contribution in [3.8, 4) is 11.4 Å². The number of hydrogen-bond acceptors (Lipinski definition) is 3. The molecule has 0 aliphatic rings. The third kappa shape index (κ3) is 3.43. The average Bonchev–Trinajstić information content (AvgIpc) is 2.69. The molecule has 4 nitrogen and oxygen atoms in total. The van der Waals surface area contributed by atoms with Crippen molar-refractivity contribution >= 4 is 31.9 Å². The van der Waals surface area contributed by atoms with Crippen LogP contribution < -0.4 is 5.73 Å². The lowest BCUT2D eigenvalue weighted by molar-refractivity contribution is 0.510. The standard InChI is InChI=1S/C13H16Br2N4/c1-8(2)7-19-12(6-16)17-18-13(19)9-3-10(14)5-11(15)4-9/h3-5,8H,6-7,16H2,1-2H3. The van der Waals surface area contributed by atoms with Gasteiger partial charge in [0.25, 0.3) is 0 Å². The monoisotopic (exact) mass is 386 g/mol. The molecule has 2 N–H and O–H groups in total. The molecule has 0 atom stereocenters. The van der Waals surface area contributed by atoms with Crippen molar-refractivity contribution in [2.75, 3.05) is 0 Å². The molecule has 2 aromatic rings. The fourth-order valence-corrected chi connectivity index (χ4v) is 3.23. The Morgan fingerprint density at radius 2 is 1.79 bits per heavy atom. The quantitative estimate of drug-likeness (QED) is 0.871. The highest BCUT2D eigenvalue weighted by Crippen LogP contribution is 2.27. The van der Waals surface area contributed by atoms with Crippen LogP contribution in [0.2, 0.25) is 0 Å². The molecule has 0 fully saturated rings. The minimum Gasteiger partial charge on any atom is -0.324 e. The number of halogens is 2. The Bertz CT molecular complexity index is 558. The Kier molecular flexibility index (Phi) is 4.76. The van der Waals surface area contributed by atoms with Gasteiger partial charge < -0.3 is 10.3 Å². The summed E-state index contributed by atoms with van der Waals surface area (Å²) in [6.07, 6.45) is 0.